The zero-order valence-corrected chi connectivity index (χ0v) is 7.21. The summed E-state index contributed by atoms with van der Waals surface area (Å²) in [4.78, 5) is 0.400. The summed E-state index contributed by atoms with van der Waals surface area (Å²) in [5.41, 5.74) is 6.39. The molecular weight excluding hydrogens is 174 g/mol. The highest BCUT2D eigenvalue weighted by Crippen LogP contribution is 2.30. The van der Waals surface area contributed by atoms with Crippen molar-refractivity contribution in [3.8, 4) is 0 Å². The first-order valence-corrected chi connectivity index (χ1v) is 5.34. The Kier molecular flexibility index (Phi) is 1.49. The topological polar surface area (TPSA) is 60.2 Å². The molecule has 0 saturated heterocycles. The largest absolute Gasteiger partial charge is 0.323 e. The lowest BCUT2D eigenvalue weighted by Crippen LogP contribution is -2.11. The van der Waals surface area contributed by atoms with Crippen molar-refractivity contribution in [2.45, 2.75) is 10.9 Å². The first-order valence-electron chi connectivity index (χ1n) is 3.68. The second-order valence-corrected chi connectivity index (χ2v) is 4.93. The van der Waals surface area contributed by atoms with Crippen LogP contribution in [0.5, 0.6) is 0 Å². The summed E-state index contributed by atoms with van der Waals surface area (Å²) in [5.74, 6) is 0.0480. The van der Waals surface area contributed by atoms with E-state index in [0.29, 0.717) is 4.90 Å². The van der Waals surface area contributed by atoms with Gasteiger partial charge < -0.3 is 5.73 Å². The van der Waals surface area contributed by atoms with Crippen LogP contribution < -0.4 is 5.73 Å². The molecule has 1 aromatic rings. The van der Waals surface area contributed by atoms with E-state index in [1.54, 1.807) is 24.3 Å². The van der Waals surface area contributed by atoms with Crippen LogP contribution in [-0.4, -0.2) is 14.2 Å². The van der Waals surface area contributed by atoms with Gasteiger partial charge in [-0.1, -0.05) is 18.2 Å². The van der Waals surface area contributed by atoms with Gasteiger partial charge in [-0.05, 0) is 11.6 Å². The number of nitrogens with two attached hydrogens (primary N) is 1. The molecule has 1 heterocycles. The van der Waals surface area contributed by atoms with Crippen LogP contribution in [0.3, 0.4) is 0 Å². The molecule has 2 N–H and O–H groups in total. The third kappa shape index (κ3) is 0.956. The highest BCUT2D eigenvalue weighted by Gasteiger charge is 2.31. The fourth-order valence-corrected chi connectivity index (χ4v) is 3.18. The Morgan fingerprint density at radius 2 is 2.00 bits per heavy atom. The highest BCUT2D eigenvalue weighted by atomic mass is 32.2. The van der Waals surface area contributed by atoms with Gasteiger partial charge in [0.25, 0.3) is 0 Å². The summed E-state index contributed by atoms with van der Waals surface area (Å²) in [6, 6.07) is 6.56. The Morgan fingerprint density at radius 3 is 2.67 bits per heavy atom. The molecule has 1 aliphatic rings. The number of hydrogen-bond acceptors (Lipinski definition) is 3. The predicted octanol–water partition coefficient (Wildman–Crippen LogP) is 0.474. The third-order valence-electron chi connectivity index (χ3n) is 2.05. The Hall–Kier alpha value is -0.870. The van der Waals surface area contributed by atoms with Crippen LogP contribution in [0.1, 0.15) is 11.6 Å². The van der Waals surface area contributed by atoms with Crippen molar-refractivity contribution in [1.82, 2.24) is 0 Å². The van der Waals surface area contributed by atoms with E-state index in [0.717, 1.165) is 5.56 Å². The van der Waals surface area contributed by atoms with Gasteiger partial charge >= 0.3 is 0 Å². The number of hydrogen-bond donors (Lipinski definition) is 1. The molecule has 0 aliphatic carbocycles. The number of rotatable bonds is 0. The van der Waals surface area contributed by atoms with E-state index in [2.05, 4.69) is 0 Å². The summed E-state index contributed by atoms with van der Waals surface area (Å²) in [6.07, 6.45) is 0. The van der Waals surface area contributed by atoms with Crippen LogP contribution in [0, 0.1) is 0 Å². The molecule has 1 aromatic carbocycles. The SMILES string of the molecule is N[C@@H]1CS(=O)(=O)c2ccccc21. The fraction of sp³-hybridized carbons (Fsp3) is 0.250. The molecule has 3 nitrogen and oxygen atoms in total. The standard InChI is InChI=1S/C8H9NO2S/c9-7-5-12(10,11)8-4-2-1-3-6(7)8/h1-4,7H,5,9H2/t7-/m1/s1. The Bertz CT molecular complexity index is 411. The van der Waals surface area contributed by atoms with Crippen LogP contribution >= 0.6 is 0 Å². The molecule has 12 heavy (non-hydrogen) atoms. The van der Waals surface area contributed by atoms with Crippen molar-refractivity contribution < 1.29 is 8.42 Å². The third-order valence-corrected chi connectivity index (χ3v) is 3.89. The average molecular weight is 183 g/mol. The fourth-order valence-electron chi connectivity index (χ4n) is 1.49. The monoisotopic (exact) mass is 183 g/mol. The average Bonchev–Trinajstić information content (AvgIpc) is 2.25. The minimum absolute atomic E-state index is 0.0480. The maximum atomic E-state index is 11.4. The summed E-state index contributed by atoms with van der Waals surface area (Å²) in [7, 11) is -3.08. The first kappa shape index (κ1) is 7.76. The van der Waals surface area contributed by atoms with E-state index in [9.17, 15) is 8.42 Å². The van der Waals surface area contributed by atoms with Crippen molar-refractivity contribution in [3.05, 3.63) is 29.8 Å². The molecule has 0 saturated carbocycles. The van der Waals surface area contributed by atoms with Gasteiger partial charge in [-0.3, -0.25) is 0 Å². The van der Waals surface area contributed by atoms with Gasteiger partial charge in [0.2, 0.25) is 0 Å². The van der Waals surface area contributed by atoms with Gasteiger partial charge in [-0.2, -0.15) is 0 Å². The zero-order valence-electron chi connectivity index (χ0n) is 6.40. The second-order valence-electron chi connectivity index (χ2n) is 2.93. The maximum absolute atomic E-state index is 11.4. The Labute approximate surface area is 71.1 Å². The Balaban J connectivity index is 2.74. The van der Waals surface area contributed by atoms with E-state index in [4.69, 9.17) is 5.73 Å². The molecule has 0 unspecified atom stereocenters. The van der Waals surface area contributed by atoms with E-state index >= 15 is 0 Å². The van der Waals surface area contributed by atoms with Gasteiger partial charge in [-0.25, -0.2) is 8.42 Å². The van der Waals surface area contributed by atoms with Gasteiger partial charge in [0, 0.05) is 6.04 Å². The molecule has 1 atom stereocenters. The summed E-state index contributed by atoms with van der Waals surface area (Å²) >= 11 is 0. The molecule has 0 amide bonds. The van der Waals surface area contributed by atoms with Crippen LogP contribution in [-0.2, 0) is 9.84 Å². The Morgan fingerprint density at radius 1 is 1.33 bits per heavy atom. The normalized spacial score (nSPS) is 25.2. The van der Waals surface area contributed by atoms with Crippen LogP contribution in [0.4, 0.5) is 0 Å². The molecule has 0 radical (unpaired) electrons. The van der Waals surface area contributed by atoms with E-state index < -0.39 is 9.84 Å². The van der Waals surface area contributed by atoms with Crippen molar-refractivity contribution in [2.24, 2.45) is 5.73 Å². The van der Waals surface area contributed by atoms with E-state index in [1.165, 1.54) is 0 Å². The molecule has 4 heteroatoms. The molecule has 1 aliphatic heterocycles. The zero-order chi connectivity index (χ0) is 8.77. The summed E-state index contributed by atoms with van der Waals surface area (Å²) < 4.78 is 22.8. The highest BCUT2D eigenvalue weighted by molar-refractivity contribution is 7.91. The van der Waals surface area contributed by atoms with Gasteiger partial charge in [0.05, 0.1) is 10.6 Å². The first-order chi connectivity index (χ1) is 5.61. The maximum Gasteiger partial charge on any atom is 0.180 e. The second kappa shape index (κ2) is 2.31. The molecule has 0 aromatic heterocycles. The molecule has 64 valence electrons. The van der Waals surface area contributed by atoms with Crippen LogP contribution in [0.2, 0.25) is 0 Å². The van der Waals surface area contributed by atoms with Crippen LogP contribution in [0.15, 0.2) is 29.2 Å². The number of fused-ring (bicyclic) bond motifs is 1. The molecule has 0 fully saturated rings. The predicted molar refractivity (Wildman–Crippen MR) is 45.4 cm³/mol. The van der Waals surface area contributed by atoms with E-state index in [-0.39, 0.29) is 11.8 Å². The smallest absolute Gasteiger partial charge is 0.180 e. The summed E-state index contributed by atoms with van der Waals surface area (Å²) in [6.45, 7) is 0. The van der Waals surface area contributed by atoms with E-state index in [1.807, 2.05) is 0 Å². The van der Waals surface area contributed by atoms with Crippen LogP contribution in [0.25, 0.3) is 0 Å². The quantitative estimate of drug-likeness (QED) is 0.636. The summed E-state index contributed by atoms with van der Waals surface area (Å²) in [5, 5.41) is 0. The van der Waals surface area contributed by atoms with Crippen molar-refractivity contribution in [3.63, 3.8) is 0 Å². The minimum Gasteiger partial charge on any atom is -0.323 e. The molecule has 0 bridgehead atoms. The van der Waals surface area contributed by atoms with Gasteiger partial charge in [0.1, 0.15) is 0 Å². The van der Waals surface area contributed by atoms with Gasteiger partial charge in [-0.15, -0.1) is 0 Å². The van der Waals surface area contributed by atoms with Crippen molar-refractivity contribution in [2.75, 3.05) is 5.75 Å². The lowest BCUT2D eigenvalue weighted by Gasteiger charge is -1.99. The number of benzene rings is 1. The number of sulfone groups is 1. The van der Waals surface area contributed by atoms with Gasteiger partial charge in [0.15, 0.2) is 9.84 Å². The lowest BCUT2D eigenvalue weighted by atomic mass is 10.1. The molecular formula is C8H9NO2S. The minimum atomic E-state index is -3.08. The molecule has 0 spiro atoms. The molecule has 2 rings (SSSR count). The van der Waals surface area contributed by atoms with Crippen molar-refractivity contribution >= 4 is 9.84 Å². The lowest BCUT2D eigenvalue weighted by molar-refractivity contribution is 0.598. The van der Waals surface area contributed by atoms with Crippen molar-refractivity contribution in [1.29, 1.82) is 0 Å².